The van der Waals surface area contributed by atoms with Gasteiger partial charge in [0.25, 0.3) is 0 Å². The molecule has 0 radical (unpaired) electrons. The highest BCUT2D eigenvalue weighted by Crippen LogP contribution is 2.01. The molecule has 0 heterocycles. The summed E-state index contributed by atoms with van der Waals surface area (Å²) in [4.78, 5) is 11.7. The van der Waals surface area contributed by atoms with E-state index in [1.165, 1.54) is 0 Å². The highest BCUT2D eigenvalue weighted by Gasteiger charge is 2.13. The molecule has 1 aromatic rings. The average Bonchev–Trinajstić information content (AvgIpc) is 2.35. The lowest BCUT2D eigenvalue weighted by Gasteiger charge is -2.13. The summed E-state index contributed by atoms with van der Waals surface area (Å²) in [5, 5.41) is 2.77. The molecule has 0 aliphatic carbocycles. The molecule has 0 spiro atoms. The van der Waals surface area contributed by atoms with Crippen LogP contribution >= 0.6 is 12.4 Å². The lowest BCUT2D eigenvalue weighted by Crippen LogP contribution is -2.43. The molecule has 1 aromatic carbocycles. The number of hydrogen-bond donors (Lipinski definition) is 2. The largest absolute Gasteiger partial charge is 0.377 e. The van der Waals surface area contributed by atoms with E-state index in [1.54, 1.807) is 0 Å². The first kappa shape index (κ1) is 17.9. The molecule has 3 N–H and O–H groups in total. The van der Waals surface area contributed by atoms with Crippen LogP contribution in [0.3, 0.4) is 0 Å². The van der Waals surface area contributed by atoms with Crippen molar-refractivity contribution in [3.05, 3.63) is 35.9 Å². The molecular weight excluding hydrogens is 264 g/mol. The van der Waals surface area contributed by atoms with Gasteiger partial charge in [0.1, 0.15) is 0 Å². The van der Waals surface area contributed by atoms with Gasteiger partial charge in [-0.15, -0.1) is 12.4 Å². The third kappa shape index (κ3) is 7.82. The Kier molecular flexibility index (Phi) is 9.21. The van der Waals surface area contributed by atoms with Crippen molar-refractivity contribution in [2.24, 2.45) is 5.73 Å². The number of halogens is 1. The molecule has 0 aromatic heterocycles. The first-order valence-corrected chi connectivity index (χ1v) is 6.28. The fourth-order valence-electron chi connectivity index (χ4n) is 1.56. The van der Waals surface area contributed by atoms with E-state index in [9.17, 15) is 4.79 Å². The molecule has 0 saturated carbocycles. The van der Waals surface area contributed by atoms with Crippen LogP contribution in [0.2, 0.25) is 0 Å². The van der Waals surface area contributed by atoms with Crippen molar-refractivity contribution < 1.29 is 9.53 Å². The van der Waals surface area contributed by atoms with Gasteiger partial charge in [0, 0.05) is 6.54 Å². The molecule has 19 heavy (non-hydrogen) atoms. The predicted octanol–water partition coefficient (Wildman–Crippen LogP) is 1.52. The Labute approximate surface area is 121 Å². The molecule has 5 heteroatoms. The highest BCUT2D eigenvalue weighted by atomic mass is 35.5. The monoisotopic (exact) mass is 286 g/mol. The van der Waals surface area contributed by atoms with Gasteiger partial charge < -0.3 is 15.8 Å². The van der Waals surface area contributed by atoms with E-state index in [1.807, 2.05) is 44.2 Å². The van der Waals surface area contributed by atoms with E-state index in [-0.39, 0.29) is 24.4 Å². The van der Waals surface area contributed by atoms with E-state index in [0.717, 1.165) is 5.56 Å². The van der Waals surface area contributed by atoms with E-state index < -0.39 is 6.04 Å². The summed E-state index contributed by atoms with van der Waals surface area (Å²) in [6.07, 6.45) is 0.734. The number of benzene rings is 1. The van der Waals surface area contributed by atoms with Crippen LogP contribution < -0.4 is 11.1 Å². The van der Waals surface area contributed by atoms with E-state index in [0.29, 0.717) is 19.6 Å². The standard InChI is InChI=1S/C14H22N2O2.ClH/c1-11(2)18-9-8-16-14(17)13(15)10-12-6-4-3-5-7-12;/h3-7,11,13H,8-10,15H2,1-2H3,(H,16,17);1H/t13-;/m0./s1. The second-order valence-electron chi connectivity index (χ2n) is 4.51. The van der Waals surface area contributed by atoms with Crippen molar-refractivity contribution >= 4 is 18.3 Å². The van der Waals surface area contributed by atoms with Crippen LogP contribution in [-0.2, 0) is 16.0 Å². The molecule has 1 amide bonds. The van der Waals surface area contributed by atoms with Gasteiger partial charge in [-0.2, -0.15) is 0 Å². The summed E-state index contributed by atoms with van der Waals surface area (Å²) < 4.78 is 5.33. The van der Waals surface area contributed by atoms with Crippen molar-refractivity contribution in [2.45, 2.75) is 32.4 Å². The molecule has 108 valence electrons. The zero-order valence-electron chi connectivity index (χ0n) is 11.5. The summed E-state index contributed by atoms with van der Waals surface area (Å²) in [5.74, 6) is -0.133. The maximum Gasteiger partial charge on any atom is 0.237 e. The summed E-state index contributed by atoms with van der Waals surface area (Å²) in [5.41, 5.74) is 6.91. The number of hydrogen-bond acceptors (Lipinski definition) is 3. The average molecular weight is 287 g/mol. The number of carbonyl (C=O) groups is 1. The van der Waals surface area contributed by atoms with Crippen molar-refractivity contribution in [3.8, 4) is 0 Å². The van der Waals surface area contributed by atoms with Gasteiger partial charge >= 0.3 is 0 Å². The van der Waals surface area contributed by atoms with Gasteiger partial charge in [-0.3, -0.25) is 4.79 Å². The zero-order valence-corrected chi connectivity index (χ0v) is 12.3. The molecule has 0 aliphatic heterocycles. The molecule has 1 atom stereocenters. The van der Waals surface area contributed by atoms with Crippen LogP contribution in [0.25, 0.3) is 0 Å². The second kappa shape index (κ2) is 9.78. The minimum Gasteiger partial charge on any atom is -0.377 e. The summed E-state index contributed by atoms with van der Waals surface area (Å²) in [7, 11) is 0. The number of amides is 1. The minimum atomic E-state index is -0.508. The number of nitrogens with two attached hydrogens (primary N) is 1. The Morgan fingerprint density at radius 3 is 2.53 bits per heavy atom. The Bertz CT molecular complexity index is 358. The Morgan fingerprint density at radius 1 is 1.32 bits per heavy atom. The quantitative estimate of drug-likeness (QED) is 0.747. The van der Waals surface area contributed by atoms with Gasteiger partial charge in [-0.05, 0) is 25.8 Å². The van der Waals surface area contributed by atoms with Crippen molar-refractivity contribution in [3.63, 3.8) is 0 Å². The van der Waals surface area contributed by atoms with Gasteiger partial charge in [0.2, 0.25) is 5.91 Å². The maximum absolute atomic E-state index is 11.7. The van der Waals surface area contributed by atoms with Crippen LogP contribution in [0, 0.1) is 0 Å². The van der Waals surface area contributed by atoms with Crippen LogP contribution in [0.1, 0.15) is 19.4 Å². The molecule has 0 aliphatic rings. The van der Waals surface area contributed by atoms with Gasteiger partial charge in [-0.25, -0.2) is 0 Å². The highest BCUT2D eigenvalue weighted by molar-refractivity contribution is 5.85. The Balaban J connectivity index is 0.00000324. The molecule has 4 nitrogen and oxygen atoms in total. The maximum atomic E-state index is 11.7. The van der Waals surface area contributed by atoms with Crippen molar-refractivity contribution in [2.75, 3.05) is 13.2 Å². The second-order valence-corrected chi connectivity index (χ2v) is 4.51. The van der Waals surface area contributed by atoms with Gasteiger partial charge in [0.05, 0.1) is 18.8 Å². The topological polar surface area (TPSA) is 64.3 Å². The smallest absolute Gasteiger partial charge is 0.237 e. The molecule has 1 rings (SSSR count). The molecule has 0 saturated heterocycles. The van der Waals surface area contributed by atoms with Crippen LogP contribution in [0.4, 0.5) is 0 Å². The van der Waals surface area contributed by atoms with E-state index in [4.69, 9.17) is 10.5 Å². The van der Waals surface area contributed by atoms with Gasteiger partial charge in [-0.1, -0.05) is 30.3 Å². The van der Waals surface area contributed by atoms with Crippen LogP contribution in [0.5, 0.6) is 0 Å². The first-order valence-electron chi connectivity index (χ1n) is 6.28. The summed E-state index contributed by atoms with van der Waals surface area (Å²) in [6.45, 7) is 4.94. The molecule has 0 fully saturated rings. The number of nitrogens with one attached hydrogen (secondary N) is 1. The number of carbonyl (C=O) groups excluding carboxylic acids is 1. The third-order valence-corrected chi connectivity index (χ3v) is 2.49. The number of rotatable bonds is 7. The van der Waals surface area contributed by atoms with E-state index in [2.05, 4.69) is 5.32 Å². The third-order valence-electron chi connectivity index (χ3n) is 2.49. The fraction of sp³-hybridized carbons (Fsp3) is 0.500. The van der Waals surface area contributed by atoms with Crippen molar-refractivity contribution in [1.29, 1.82) is 0 Å². The Morgan fingerprint density at radius 2 is 1.95 bits per heavy atom. The minimum absolute atomic E-state index is 0. The van der Waals surface area contributed by atoms with Crippen LogP contribution in [0.15, 0.2) is 30.3 Å². The SMILES string of the molecule is CC(C)OCCNC(=O)[C@@H](N)Cc1ccccc1.Cl. The molecule has 0 unspecified atom stereocenters. The summed E-state index contributed by atoms with van der Waals surface area (Å²) in [6, 6.07) is 9.25. The lowest BCUT2D eigenvalue weighted by atomic mass is 10.1. The zero-order chi connectivity index (χ0) is 13.4. The molecule has 0 bridgehead atoms. The fourth-order valence-corrected chi connectivity index (χ4v) is 1.56. The number of ether oxygens (including phenoxy) is 1. The van der Waals surface area contributed by atoms with Gasteiger partial charge in [0.15, 0.2) is 0 Å². The summed E-state index contributed by atoms with van der Waals surface area (Å²) >= 11 is 0. The lowest BCUT2D eigenvalue weighted by molar-refractivity contribution is -0.122. The normalized spacial score (nSPS) is 11.8. The predicted molar refractivity (Wildman–Crippen MR) is 79.5 cm³/mol. The first-order chi connectivity index (χ1) is 8.59. The van der Waals surface area contributed by atoms with Crippen molar-refractivity contribution in [1.82, 2.24) is 5.32 Å². The van der Waals surface area contributed by atoms with E-state index >= 15 is 0 Å². The van der Waals surface area contributed by atoms with Crippen LogP contribution in [-0.4, -0.2) is 31.2 Å². The Hall–Kier alpha value is -1.10. The molecular formula is C14H23ClN2O2.